The van der Waals surface area contributed by atoms with E-state index in [1.165, 1.54) is 0 Å². The molecule has 0 saturated carbocycles. The lowest BCUT2D eigenvalue weighted by molar-refractivity contribution is 0.0707. The van der Waals surface area contributed by atoms with Crippen LogP contribution in [0.4, 0.5) is 0 Å². The fraction of sp³-hybridized carbons (Fsp3) is 0.600. The molecule has 6 nitrogen and oxygen atoms in total. The van der Waals surface area contributed by atoms with Crippen molar-refractivity contribution in [3.63, 3.8) is 0 Å². The van der Waals surface area contributed by atoms with E-state index in [4.69, 9.17) is 4.42 Å². The molecule has 2 aromatic heterocycles. The van der Waals surface area contributed by atoms with Gasteiger partial charge < -0.3 is 14.4 Å². The summed E-state index contributed by atoms with van der Waals surface area (Å²) in [5, 5.41) is 9.61. The van der Waals surface area contributed by atoms with Gasteiger partial charge in [0.15, 0.2) is 11.2 Å². The van der Waals surface area contributed by atoms with Crippen molar-refractivity contribution in [2.75, 3.05) is 19.6 Å². The van der Waals surface area contributed by atoms with Crippen LogP contribution in [0.1, 0.15) is 19.8 Å². The van der Waals surface area contributed by atoms with Gasteiger partial charge in [-0.05, 0) is 50.9 Å². The van der Waals surface area contributed by atoms with Crippen molar-refractivity contribution in [1.29, 1.82) is 0 Å². The third-order valence-electron chi connectivity index (χ3n) is 4.38. The predicted octanol–water partition coefficient (Wildman–Crippen LogP) is 1.08. The number of aromatic nitrogens is 2. The molecule has 1 aliphatic heterocycles. The SMILES string of the molecule is CC(O)C1CCN(CCn2c(=O)oc3cccnc32)CC1. The smallest absolute Gasteiger partial charge is 0.406 e. The van der Waals surface area contributed by atoms with Crippen LogP contribution in [0.3, 0.4) is 0 Å². The molecular formula is C15H21N3O3. The monoisotopic (exact) mass is 291 g/mol. The van der Waals surface area contributed by atoms with Crippen molar-refractivity contribution in [3.8, 4) is 0 Å². The maximum Gasteiger partial charge on any atom is 0.421 e. The number of pyridine rings is 1. The maximum atomic E-state index is 11.9. The second kappa shape index (κ2) is 5.99. The lowest BCUT2D eigenvalue weighted by Crippen LogP contribution is -2.39. The number of hydrogen-bond donors (Lipinski definition) is 1. The van der Waals surface area contributed by atoms with Crippen LogP contribution in [0.2, 0.25) is 0 Å². The van der Waals surface area contributed by atoms with E-state index in [9.17, 15) is 9.90 Å². The van der Waals surface area contributed by atoms with Crippen LogP contribution in [0.5, 0.6) is 0 Å². The molecule has 1 aliphatic rings. The van der Waals surface area contributed by atoms with Crippen LogP contribution in [0.15, 0.2) is 27.5 Å². The van der Waals surface area contributed by atoms with E-state index in [2.05, 4.69) is 9.88 Å². The summed E-state index contributed by atoms with van der Waals surface area (Å²) in [7, 11) is 0. The number of fused-ring (bicyclic) bond motifs is 1. The van der Waals surface area contributed by atoms with E-state index >= 15 is 0 Å². The van der Waals surface area contributed by atoms with E-state index in [0.717, 1.165) is 32.5 Å². The minimum absolute atomic E-state index is 0.225. The summed E-state index contributed by atoms with van der Waals surface area (Å²) in [6.45, 7) is 5.18. The second-order valence-electron chi connectivity index (χ2n) is 5.76. The van der Waals surface area contributed by atoms with E-state index in [1.807, 2.05) is 6.92 Å². The molecule has 0 spiro atoms. The Morgan fingerprint density at radius 1 is 1.43 bits per heavy atom. The first-order valence-electron chi connectivity index (χ1n) is 7.50. The van der Waals surface area contributed by atoms with Crippen molar-refractivity contribution in [1.82, 2.24) is 14.5 Å². The van der Waals surface area contributed by atoms with Crippen molar-refractivity contribution >= 4 is 11.2 Å². The standard InChI is InChI=1S/C15H21N3O3/c1-11(19)12-4-7-17(8-5-12)9-10-18-14-13(21-15(18)20)3-2-6-16-14/h2-3,6,11-12,19H,4-5,7-10H2,1H3. The molecule has 1 unspecified atom stereocenters. The summed E-state index contributed by atoms with van der Waals surface area (Å²) in [6.07, 6.45) is 3.47. The van der Waals surface area contributed by atoms with Gasteiger partial charge in [0.2, 0.25) is 0 Å². The molecule has 1 saturated heterocycles. The van der Waals surface area contributed by atoms with Crippen molar-refractivity contribution < 1.29 is 9.52 Å². The third kappa shape index (κ3) is 3.01. The number of nitrogens with zero attached hydrogens (tertiary/aromatic N) is 3. The lowest BCUT2D eigenvalue weighted by atomic mass is 9.92. The topological polar surface area (TPSA) is 71.5 Å². The Morgan fingerprint density at radius 2 is 2.19 bits per heavy atom. The van der Waals surface area contributed by atoms with E-state index in [-0.39, 0.29) is 11.9 Å². The van der Waals surface area contributed by atoms with Gasteiger partial charge in [-0.3, -0.25) is 4.57 Å². The van der Waals surface area contributed by atoms with Gasteiger partial charge in [-0.25, -0.2) is 9.78 Å². The summed E-state index contributed by atoms with van der Waals surface area (Å²) in [4.78, 5) is 18.4. The van der Waals surface area contributed by atoms with Gasteiger partial charge in [0.1, 0.15) is 0 Å². The average molecular weight is 291 g/mol. The minimum Gasteiger partial charge on any atom is -0.406 e. The Bertz CT molecular complexity index is 653. The highest BCUT2D eigenvalue weighted by molar-refractivity contribution is 5.67. The Kier molecular flexibility index (Phi) is 4.07. The van der Waals surface area contributed by atoms with Gasteiger partial charge in [0.05, 0.1) is 6.10 Å². The Morgan fingerprint density at radius 3 is 2.90 bits per heavy atom. The number of oxazole rings is 1. The summed E-state index contributed by atoms with van der Waals surface area (Å²) in [6, 6.07) is 3.52. The molecule has 3 rings (SSSR count). The van der Waals surface area contributed by atoms with Crippen molar-refractivity contribution in [3.05, 3.63) is 28.9 Å². The average Bonchev–Trinajstić information content (AvgIpc) is 2.81. The highest BCUT2D eigenvalue weighted by Gasteiger charge is 2.22. The molecule has 6 heteroatoms. The second-order valence-corrected chi connectivity index (χ2v) is 5.76. The minimum atomic E-state index is -0.345. The largest absolute Gasteiger partial charge is 0.421 e. The zero-order chi connectivity index (χ0) is 14.8. The van der Waals surface area contributed by atoms with Gasteiger partial charge in [-0.1, -0.05) is 0 Å². The molecule has 0 aromatic carbocycles. The molecule has 114 valence electrons. The first-order chi connectivity index (χ1) is 10.1. The Hall–Kier alpha value is -1.66. The number of aliphatic hydroxyl groups is 1. The van der Waals surface area contributed by atoms with Gasteiger partial charge in [0.25, 0.3) is 0 Å². The van der Waals surface area contributed by atoms with E-state index < -0.39 is 0 Å². The molecule has 0 bridgehead atoms. The molecule has 1 fully saturated rings. The first-order valence-corrected chi connectivity index (χ1v) is 7.50. The van der Waals surface area contributed by atoms with Gasteiger partial charge >= 0.3 is 5.76 Å². The first kappa shape index (κ1) is 14.3. The fourth-order valence-corrected chi connectivity index (χ4v) is 3.00. The molecule has 2 aromatic rings. The molecule has 0 aliphatic carbocycles. The predicted molar refractivity (Wildman–Crippen MR) is 79.1 cm³/mol. The number of aliphatic hydroxyl groups excluding tert-OH is 1. The third-order valence-corrected chi connectivity index (χ3v) is 4.38. The van der Waals surface area contributed by atoms with Crippen LogP contribution in [-0.2, 0) is 6.54 Å². The van der Waals surface area contributed by atoms with E-state index in [1.54, 1.807) is 22.9 Å². The molecule has 3 heterocycles. The van der Waals surface area contributed by atoms with Crippen molar-refractivity contribution in [2.45, 2.75) is 32.4 Å². The number of hydrogen-bond acceptors (Lipinski definition) is 5. The molecule has 21 heavy (non-hydrogen) atoms. The molecular weight excluding hydrogens is 270 g/mol. The quantitative estimate of drug-likeness (QED) is 0.912. The highest BCUT2D eigenvalue weighted by Crippen LogP contribution is 2.20. The van der Waals surface area contributed by atoms with E-state index in [0.29, 0.717) is 23.7 Å². The highest BCUT2D eigenvalue weighted by atomic mass is 16.4. The maximum absolute atomic E-state index is 11.9. The summed E-state index contributed by atoms with van der Waals surface area (Å²) < 4.78 is 6.77. The molecule has 0 amide bonds. The van der Waals surface area contributed by atoms with Crippen LogP contribution in [0.25, 0.3) is 11.2 Å². The van der Waals surface area contributed by atoms with Crippen LogP contribution in [-0.4, -0.2) is 45.3 Å². The van der Waals surface area contributed by atoms with Crippen LogP contribution in [0, 0.1) is 5.92 Å². The normalized spacial score (nSPS) is 19.1. The number of rotatable bonds is 4. The zero-order valence-corrected chi connectivity index (χ0v) is 12.2. The fourth-order valence-electron chi connectivity index (χ4n) is 3.00. The number of likely N-dealkylation sites (tertiary alicyclic amines) is 1. The summed E-state index contributed by atoms with van der Waals surface area (Å²) >= 11 is 0. The van der Waals surface area contributed by atoms with Crippen LogP contribution >= 0.6 is 0 Å². The van der Waals surface area contributed by atoms with Gasteiger partial charge in [0, 0.05) is 19.3 Å². The lowest BCUT2D eigenvalue weighted by Gasteiger charge is -2.33. The molecule has 0 radical (unpaired) electrons. The summed E-state index contributed by atoms with van der Waals surface area (Å²) in [5.74, 6) is 0.0583. The van der Waals surface area contributed by atoms with Gasteiger partial charge in [-0.2, -0.15) is 0 Å². The summed E-state index contributed by atoms with van der Waals surface area (Å²) in [5.41, 5.74) is 1.15. The molecule has 1 atom stereocenters. The Balaban J connectivity index is 1.63. The Labute approximate surface area is 123 Å². The molecule has 1 N–H and O–H groups in total. The zero-order valence-electron chi connectivity index (χ0n) is 12.2. The van der Waals surface area contributed by atoms with Crippen LogP contribution < -0.4 is 5.76 Å². The number of piperidine rings is 1. The van der Waals surface area contributed by atoms with Crippen molar-refractivity contribution in [2.24, 2.45) is 5.92 Å². The van der Waals surface area contributed by atoms with Gasteiger partial charge in [-0.15, -0.1) is 0 Å².